The summed E-state index contributed by atoms with van der Waals surface area (Å²) < 4.78 is 12.1. The molecule has 6 nitrogen and oxygen atoms in total. The van der Waals surface area contributed by atoms with Gasteiger partial charge in [-0.25, -0.2) is 0 Å². The zero-order valence-corrected chi connectivity index (χ0v) is 18.1. The van der Waals surface area contributed by atoms with Gasteiger partial charge in [0.1, 0.15) is 17.1 Å². The van der Waals surface area contributed by atoms with Crippen molar-refractivity contribution in [3.05, 3.63) is 53.5 Å². The first-order valence-corrected chi connectivity index (χ1v) is 11.4. The van der Waals surface area contributed by atoms with Crippen molar-refractivity contribution in [1.29, 1.82) is 0 Å². The Kier molecular flexibility index (Phi) is 5.24. The normalized spacial score (nSPS) is 22.4. The van der Waals surface area contributed by atoms with Gasteiger partial charge in [-0.3, -0.25) is 9.59 Å². The number of para-hydroxylation sites is 1. The number of piperidine rings is 1. The number of fused-ring (bicyclic) bond motifs is 1. The molecule has 1 aromatic heterocycles. The molecule has 2 aliphatic heterocycles. The van der Waals surface area contributed by atoms with Gasteiger partial charge in [0.05, 0.1) is 0 Å². The Morgan fingerprint density at radius 2 is 1.90 bits per heavy atom. The fourth-order valence-electron chi connectivity index (χ4n) is 5.12. The van der Waals surface area contributed by atoms with Crippen molar-refractivity contribution < 1.29 is 18.7 Å². The minimum Gasteiger partial charge on any atom is -0.487 e. The molecule has 2 amide bonds. The quantitative estimate of drug-likeness (QED) is 0.802. The van der Waals surface area contributed by atoms with E-state index in [4.69, 9.17) is 9.15 Å². The van der Waals surface area contributed by atoms with E-state index in [0.29, 0.717) is 31.3 Å². The van der Waals surface area contributed by atoms with Crippen LogP contribution in [0.2, 0.25) is 0 Å². The molecule has 0 bridgehead atoms. The maximum Gasteiger partial charge on any atom is 0.289 e. The lowest BCUT2D eigenvalue weighted by Crippen LogP contribution is -2.52. The van der Waals surface area contributed by atoms with Gasteiger partial charge in [0.15, 0.2) is 5.76 Å². The Hall–Kier alpha value is -2.76. The van der Waals surface area contributed by atoms with Crippen LogP contribution in [-0.4, -0.2) is 41.4 Å². The molecule has 2 aromatic rings. The standard InChI is InChI=1S/C25H30N2O4/c1-17-9-10-22(30-17)24(29)27-13-11-25(12-14-27)16-18(15-23(28)26-19-5-4-6-19)20-7-2-3-8-21(20)31-25/h2-3,7-10,18-19H,4-6,11-16H2,1H3,(H,26,28)/t18-/m0/s1. The predicted octanol–water partition coefficient (Wildman–Crippen LogP) is 4.19. The Labute approximate surface area is 182 Å². The van der Waals surface area contributed by atoms with Gasteiger partial charge < -0.3 is 19.4 Å². The molecule has 3 aliphatic rings. The summed E-state index contributed by atoms with van der Waals surface area (Å²) in [7, 11) is 0. The molecular formula is C25H30N2O4. The molecule has 5 rings (SSSR count). The molecule has 31 heavy (non-hydrogen) atoms. The van der Waals surface area contributed by atoms with Crippen LogP contribution < -0.4 is 10.1 Å². The maximum absolute atomic E-state index is 12.8. The Morgan fingerprint density at radius 1 is 1.13 bits per heavy atom. The van der Waals surface area contributed by atoms with Crippen LogP contribution >= 0.6 is 0 Å². The minimum atomic E-state index is -0.328. The van der Waals surface area contributed by atoms with Crippen LogP contribution in [0.5, 0.6) is 5.75 Å². The lowest BCUT2D eigenvalue weighted by atomic mass is 9.76. The van der Waals surface area contributed by atoms with Crippen LogP contribution in [0.25, 0.3) is 0 Å². The van der Waals surface area contributed by atoms with E-state index in [9.17, 15) is 9.59 Å². The van der Waals surface area contributed by atoms with Crippen molar-refractivity contribution in [3.63, 3.8) is 0 Å². The van der Waals surface area contributed by atoms with Crippen molar-refractivity contribution in [2.24, 2.45) is 0 Å². The lowest BCUT2D eigenvalue weighted by Gasteiger charge is -2.46. The summed E-state index contributed by atoms with van der Waals surface area (Å²) in [4.78, 5) is 27.3. The van der Waals surface area contributed by atoms with Crippen molar-refractivity contribution in [2.45, 2.75) is 69.4 Å². The summed E-state index contributed by atoms with van der Waals surface area (Å²) >= 11 is 0. The average Bonchev–Trinajstić information content (AvgIpc) is 3.17. The van der Waals surface area contributed by atoms with Crippen molar-refractivity contribution in [3.8, 4) is 5.75 Å². The number of amides is 2. The molecular weight excluding hydrogens is 392 g/mol. The van der Waals surface area contributed by atoms with Crippen LogP contribution in [0.15, 0.2) is 40.8 Å². The molecule has 3 heterocycles. The number of likely N-dealkylation sites (tertiary alicyclic amines) is 1. The molecule has 0 unspecified atom stereocenters. The van der Waals surface area contributed by atoms with Gasteiger partial charge in [-0.05, 0) is 56.4 Å². The molecule has 1 atom stereocenters. The molecule has 6 heteroatoms. The highest BCUT2D eigenvalue weighted by Gasteiger charge is 2.44. The third-order valence-electron chi connectivity index (χ3n) is 7.12. The van der Waals surface area contributed by atoms with Crippen molar-refractivity contribution >= 4 is 11.8 Å². The molecule has 2 fully saturated rings. The van der Waals surface area contributed by atoms with E-state index in [1.807, 2.05) is 36.1 Å². The molecule has 1 saturated heterocycles. The van der Waals surface area contributed by atoms with E-state index in [1.165, 1.54) is 6.42 Å². The molecule has 1 aliphatic carbocycles. The SMILES string of the molecule is Cc1ccc(C(=O)N2CCC3(CC2)C[C@H](CC(=O)NC2CCC2)c2ccccc2O3)o1. The van der Waals surface area contributed by atoms with Gasteiger partial charge in [-0.15, -0.1) is 0 Å². The highest BCUT2D eigenvalue weighted by Crippen LogP contribution is 2.46. The van der Waals surface area contributed by atoms with Gasteiger partial charge in [-0.1, -0.05) is 18.2 Å². The van der Waals surface area contributed by atoms with Crippen LogP contribution in [0, 0.1) is 6.92 Å². The summed E-state index contributed by atoms with van der Waals surface area (Å²) in [6, 6.07) is 12.0. The molecule has 1 aromatic carbocycles. The highest BCUT2D eigenvalue weighted by atomic mass is 16.5. The predicted molar refractivity (Wildman–Crippen MR) is 116 cm³/mol. The van der Waals surface area contributed by atoms with Crippen LogP contribution in [0.3, 0.4) is 0 Å². The van der Waals surface area contributed by atoms with Crippen LogP contribution in [0.4, 0.5) is 0 Å². The van der Waals surface area contributed by atoms with Crippen molar-refractivity contribution in [1.82, 2.24) is 10.2 Å². The number of nitrogens with one attached hydrogen (secondary N) is 1. The number of ether oxygens (including phenoxy) is 1. The van der Waals surface area contributed by atoms with E-state index < -0.39 is 0 Å². The molecule has 1 saturated carbocycles. The summed E-state index contributed by atoms with van der Waals surface area (Å²) in [5.74, 6) is 2.25. The van der Waals surface area contributed by atoms with Gasteiger partial charge in [0, 0.05) is 44.3 Å². The largest absolute Gasteiger partial charge is 0.487 e. The Morgan fingerprint density at radius 3 is 2.58 bits per heavy atom. The fourth-order valence-corrected chi connectivity index (χ4v) is 5.12. The van der Waals surface area contributed by atoms with Gasteiger partial charge in [0.2, 0.25) is 5.91 Å². The highest BCUT2D eigenvalue weighted by molar-refractivity contribution is 5.91. The zero-order valence-electron chi connectivity index (χ0n) is 18.1. The summed E-state index contributed by atoms with van der Waals surface area (Å²) in [5, 5.41) is 3.18. The second kappa shape index (κ2) is 8.06. The zero-order chi connectivity index (χ0) is 21.4. The third kappa shape index (κ3) is 4.08. The minimum absolute atomic E-state index is 0.0596. The van der Waals surface area contributed by atoms with Gasteiger partial charge in [-0.2, -0.15) is 0 Å². The van der Waals surface area contributed by atoms with Gasteiger partial charge >= 0.3 is 0 Å². The van der Waals surface area contributed by atoms with E-state index in [1.54, 1.807) is 6.07 Å². The molecule has 164 valence electrons. The number of benzene rings is 1. The fraction of sp³-hybridized carbons (Fsp3) is 0.520. The summed E-state index contributed by atoms with van der Waals surface area (Å²) in [5.41, 5.74) is 0.799. The van der Waals surface area contributed by atoms with Crippen LogP contribution in [0.1, 0.15) is 72.7 Å². The average molecular weight is 423 g/mol. The molecule has 1 spiro atoms. The topological polar surface area (TPSA) is 71.8 Å². The van der Waals surface area contributed by atoms with E-state index >= 15 is 0 Å². The Balaban J connectivity index is 1.28. The summed E-state index contributed by atoms with van der Waals surface area (Å²) in [6.07, 6.45) is 6.22. The first-order valence-electron chi connectivity index (χ1n) is 11.4. The second-order valence-corrected chi connectivity index (χ2v) is 9.33. The number of nitrogens with zero attached hydrogens (tertiary/aromatic N) is 1. The van der Waals surface area contributed by atoms with E-state index in [0.717, 1.165) is 49.2 Å². The number of hydrogen-bond acceptors (Lipinski definition) is 4. The van der Waals surface area contributed by atoms with Crippen LogP contribution in [-0.2, 0) is 4.79 Å². The van der Waals surface area contributed by atoms with E-state index in [2.05, 4.69) is 11.4 Å². The first-order chi connectivity index (χ1) is 15.0. The van der Waals surface area contributed by atoms with Gasteiger partial charge in [0.25, 0.3) is 5.91 Å². The first kappa shape index (κ1) is 20.2. The smallest absolute Gasteiger partial charge is 0.289 e. The monoisotopic (exact) mass is 422 g/mol. The van der Waals surface area contributed by atoms with E-state index in [-0.39, 0.29) is 23.3 Å². The molecule has 1 N–H and O–H groups in total. The number of furan rings is 1. The third-order valence-corrected chi connectivity index (χ3v) is 7.12. The Bertz CT molecular complexity index is 969. The number of aryl methyl sites for hydroxylation is 1. The molecule has 0 radical (unpaired) electrons. The number of carbonyl (C=O) groups is 2. The van der Waals surface area contributed by atoms with Crippen molar-refractivity contribution in [2.75, 3.05) is 13.1 Å². The maximum atomic E-state index is 12.8. The number of carbonyl (C=O) groups excluding carboxylic acids is 2. The number of hydrogen-bond donors (Lipinski definition) is 1. The lowest BCUT2D eigenvalue weighted by molar-refractivity contribution is -0.123. The second-order valence-electron chi connectivity index (χ2n) is 9.33. The summed E-state index contributed by atoms with van der Waals surface area (Å²) in [6.45, 7) is 3.10. The number of rotatable bonds is 4.